The third-order valence-corrected chi connectivity index (χ3v) is 5.28. The SMILES string of the molecule is CCCS(=O)(=O)N1CCC(C)C(CN)C1. The van der Waals surface area contributed by atoms with Gasteiger partial charge in [-0.3, -0.25) is 0 Å². The lowest BCUT2D eigenvalue weighted by Crippen LogP contribution is -2.46. The van der Waals surface area contributed by atoms with Crippen LogP contribution in [0.3, 0.4) is 0 Å². The fraction of sp³-hybridized carbons (Fsp3) is 1.00. The van der Waals surface area contributed by atoms with Crippen LogP contribution in [0.4, 0.5) is 0 Å². The van der Waals surface area contributed by atoms with Crippen molar-refractivity contribution >= 4 is 10.0 Å². The Balaban J connectivity index is 2.66. The van der Waals surface area contributed by atoms with Gasteiger partial charge in [0.25, 0.3) is 0 Å². The van der Waals surface area contributed by atoms with Crippen molar-refractivity contribution in [2.24, 2.45) is 17.6 Å². The number of hydrogen-bond donors (Lipinski definition) is 1. The van der Waals surface area contributed by atoms with E-state index in [1.807, 2.05) is 6.92 Å². The molecule has 1 heterocycles. The van der Waals surface area contributed by atoms with E-state index in [9.17, 15) is 8.42 Å². The molecule has 0 radical (unpaired) electrons. The second-order valence-corrected chi connectivity index (χ2v) is 6.52. The summed E-state index contributed by atoms with van der Waals surface area (Å²) in [7, 11) is -3.02. The molecule has 2 unspecified atom stereocenters. The highest BCUT2D eigenvalue weighted by Gasteiger charge is 2.31. The monoisotopic (exact) mass is 234 g/mol. The molecule has 0 bridgehead atoms. The van der Waals surface area contributed by atoms with E-state index >= 15 is 0 Å². The Labute approximate surface area is 92.9 Å². The highest BCUT2D eigenvalue weighted by atomic mass is 32.2. The van der Waals surface area contributed by atoms with Gasteiger partial charge < -0.3 is 5.73 Å². The topological polar surface area (TPSA) is 63.4 Å². The standard InChI is InChI=1S/C10H22N2O2S/c1-3-6-15(13,14)12-5-4-9(2)10(7-11)8-12/h9-10H,3-8,11H2,1-2H3. The van der Waals surface area contributed by atoms with Crippen LogP contribution in [-0.2, 0) is 10.0 Å². The molecule has 1 rings (SSSR count). The predicted octanol–water partition coefficient (Wildman–Crippen LogP) is 0.643. The van der Waals surface area contributed by atoms with Crippen LogP contribution in [0.25, 0.3) is 0 Å². The summed E-state index contributed by atoms with van der Waals surface area (Å²) in [4.78, 5) is 0. The maximum atomic E-state index is 11.8. The maximum absolute atomic E-state index is 11.8. The third kappa shape index (κ3) is 3.16. The fourth-order valence-corrected chi connectivity index (χ4v) is 3.64. The minimum absolute atomic E-state index is 0.263. The zero-order chi connectivity index (χ0) is 11.5. The minimum Gasteiger partial charge on any atom is -0.330 e. The number of piperidine rings is 1. The highest BCUT2D eigenvalue weighted by molar-refractivity contribution is 7.89. The molecule has 0 aromatic rings. The molecule has 1 aliphatic rings. The first-order chi connectivity index (χ1) is 7.01. The molecule has 2 N–H and O–H groups in total. The number of nitrogens with zero attached hydrogens (tertiary/aromatic N) is 1. The van der Waals surface area contributed by atoms with Gasteiger partial charge in [-0.05, 0) is 31.2 Å². The summed E-state index contributed by atoms with van der Waals surface area (Å²) >= 11 is 0. The van der Waals surface area contributed by atoms with Crippen molar-refractivity contribution in [1.29, 1.82) is 0 Å². The Morgan fingerprint density at radius 3 is 2.67 bits per heavy atom. The van der Waals surface area contributed by atoms with Crippen LogP contribution >= 0.6 is 0 Å². The Hall–Kier alpha value is -0.130. The summed E-state index contributed by atoms with van der Waals surface area (Å²) < 4.78 is 25.3. The lowest BCUT2D eigenvalue weighted by molar-refractivity contribution is 0.203. The van der Waals surface area contributed by atoms with Crippen molar-refractivity contribution in [3.63, 3.8) is 0 Å². The molecule has 0 aliphatic carbocycles. The second kappa shape index (κ2) is 5.27. The van der Waals surface area contributed by atoms with Gasteiger partial charge in [-0.2, -0.15) is 0 Å². The van der Waals surface area contributed by atoms with Gasteiger partial charge in [0, 0.05) is 13.1 Å². The van der Waals surface area contributed by atoms with Gasteiger partial charge in [-0.1, -0.05) is 13.8 Å². The molecule has 90 valence electrons. The van der Waals surface area contributed by atoms with Crippen LogP contribution in [0, 0.1) is 11.8 Å². The Morgan fingerprint density at radius 2 is 2.13 bits per heavy atom. The lowest BCUT2D eigenvalue weighted by atomic mass is 9.88. The minimum atomic E-state index is -3.02. The summed E-state index contributed by atoms with van der Waals surface area (Å²) in [5.41, 5.74) is 5.65. The van der Waals surface area contributed by atoms with E-state index in [4.69, 9.17) is 5.73 Å². The fourth-order valence-electron chi connectivity index (χ4n) is 2.06. The van der Waals surface area contributed by atoms with Gasteiger partial charge >= 0.3 is 0 Å². The molecule has 2 atom stereocenters. The predicted molar refractivity (Wildman–Crippen MR) is 62.0 cm³/mol. The summed E-state index contributed by atoms with van der Waals surface area (Å²) in [6.07, 6.45) is 1.62. The Morgan fingerprint density at radius 1 is 1.47 bits per heavy atom. The Kier molecular flexibility index (Phi) is 4.55. The quantitative estimate of drug-likeness (QED) is 0.776. The van der Waals surface area contributed by atoms with Crippen molar-refractivity contribution in [3.8, 4) is 0 Å². The smallest absolute Gasteiger partial charge is 0.214 e. The van der Waals surface area contributed by atoms with E-state index in [2.05, 4.69) is 6.92 Å². The molecule has 0 saturated carbocycles. The van der Waals surface area contributed by atoms with Crippen LogP contribution in [-0.4, -0.2) is 38.1 Å². The zero-order valence-electron chi connectivity index (χ0n) is 9.65. The maximum Gasteiger partial charge on any atom is 0.214 e. The summed E-state index contributed by atoms with van der Waals surface area (Å²) in [6.45, 7) is 5.91. The van der Waals surface area contributed by atoms with Gasteiger partial charge in [-0.25, -0.2) is 12.7 Å². The third-order valence-electron chi connectivity index (χ3n) is 3.23. The number of hydrogen-bond acceptors (Lipinski definition) is 3. The van der Waals surface area contributed by atoms with Crippen molar-refractivity contribution in [3.05, 3.63) is 0 Å². The van der Waals surface area contributed by atoms with Crippen molar-refractivity contribution in [2.75, 3.05) is 25.4 Å². The van der Waals surface area contributed by atoms with Gasteiger partial charge in [0.1, 0.15) is 0 Å². The first-order valence-electron chi connectivity index (χ1n) is 5.69. The van der Waals surface area contributed by atoms with E-state index < -0.39 is 10.0 Å². The molecule has 0 spiro atoms. The molecular formula is C10H22N2O2S. The van der Waals surface area contributed by atoms with Crippen LogP contribution in [0.2, 0.25) is 0 Å². The van der Waals surface area contributed by atoms with Crippen LogP contribution in [0.15, 0.2) is 0 Å². The van der Waals surface area contributed by atoms with Crippen molar-refractivity contribution < 1.29 is 8.42 Å². The van der Waals surface area contributed by atoms with E-state index in [1.54, 1.807) is 4.31 Å². The van der Waals surface area contributed by atoms with Gasteiger partial charge in [0.15, 0.2) is 0 Å². The van der Waals surface area contributed by atoms with E-state index in [1.165, 1.54) is 0 Å². The van der Waals surface area contributed by atoms with Crippen molar-refractivity contribution in [1.82, 2.24) is 4.31 Å². The number of nitrogens with two attached hydrogens (primary N) is 1. The van der Waals surface area contributed by atoms with Crippen LogP contribution in [0.1, 0.15) is 26.7 Å². The van der Waals surface area contributed by atoms with E-state index in [-0.39, 0.29) is 5.75 Å². The average Bonchev–Trinajstić information content (AvgIpc) is 2.18. The molecule has 1 aliphatic heterocycles. The van der Waals surface area contributed by atoms with Crippen LogP contribution < -0.4 is 5.73 Å². The molecule has 1 fully saturated rings. The largest absolute Gasteiger partial charge is 0.330 e. The molecule has 1 saturated heterocycles. The summed E-state index contributed by atoms with van der Waals surface area (Å²) in [6, 6.07) is 0. The Bertz CT molecular complexity index is 290. The van der Waals surface area contributed by atoms with Gasteiger partial charge in [0.05, 0.1) is 5.75 Å². The normalized spacial score (nSPS) is 29.3. The second-order valence-electron chi connectivity index (χ2n) is 4.44. The summed E-state index contributed by atoms with van der Waals surface area (Å²) in [5.74, 6) is 1.13. The highest BCUT2D eigenvalue weighted by Crippen LogP contribution is 2.24. The number of rotatable bonds is 4. The van der Waals surface area contributed by atoms with Crippen LogP contribution in [0.5, 0.6) is 0 Å². The van der Waals surface area contributed by atoms with Gasteiger partial charge in [-0.15, -0.1) is 0 Å². The zero-order valence-corrected chi connectivity index (χ0v) is 10.5. The number of sulfonamides is 1. The average molecular weight is 234 g/mol. The van der Waals surface area contributed by atoms with Gasteiger partial charge in [0.2, 0.25) is 10.0 Å². The first kappa shape index (κ1) is 12.9. The molecule has 0 aromatic carbocycles. The molecule has 15 heavy (non-hydrogen) atoms. The molecular weight excluding hydrogens is 212 g/mol. The molecule has 5 heteroatoms. The van der Waals surface area contributed by atoms with Crippen molar-refractivity contribution in [2.45, 2.75) is 26.7 Å². The lowest BCUT2D eigenvalue weighted by Gasteiger charge is -2.35. The first-order valence-corrected chi connectivity index (χ1v) is 7.30. The summed E-state index contributed by atoms with van der Waals surface area (Å²) in [5, 5.41) is 0. The van der Waals surface area contributed by atoms with E-state index in [0.29, 0.717) is 37.9 Å². The van der Waals surface area contributed by atoms with E-state index in [0.717, 1.165) is 6.42 Å². The molecule has 0 amide bonds. The molecule has 4 nitrogen and oxygen atoms in total. The molecule has 0 aromatic heterocycles.